The summed E-state index contributed by atoms with van der Waals surface area (Å²) in [5.74, 6) is 0.884. The van der Waals surface area contributed by atoms with Gasteiger partial charge in [0.25, 0.3) is 0 Å². The van der Waals surface area contributed by atoms with Gasteiger partial charge in [0, 0.05) is 13.1 Å². The number of carbonyl (C=O) groups excluding carboxylic acids is 1. The number of hydrogen-bond acceptors (Lipinski definition) is 2. The summed E-state index contributed by atoms with van der Waals surface area (Å²) in [7, 11) is 0. The van der Waals surface area contributed by atoms with Crippen LogP contribution < -0.4 is 5.73 Å². The van der Waals surface area contributed by atoms with Crippen LogP contribution in [-0.4, -0.2) is 29.9 Å². The Hall–Kier alpha value is -0.570. The molecule has 1 amide bonds. The first-order chi connectivity index (χ1) is 8.98. The summed E-state index contributed by atoms with van der Waals surface area (Å²) in [6.07, 6.45) is 9.67. The first-order valence-corrected chi connectivity index (χ1v) is 8.02. The van der Waals surface area contributed by atoms with Crippen LogP contribution in [0.1, 0.15) is 65.2 Å². The maximum atomic E-state index is 12.4. The number of likely N-dealkylation sites (tertiary alicyclic amines) is 1. The van der Waals surface area contributed by atoms with Crippen LogP contribution in [-0.2, 0) is 4.79 Å². The Labute approximate surface area is 117 Å². The molecule has 0 bridgehead atoms. The highest BCUT2D eigenvalue weighted by atomic mass is 16.2. The highest BCUT2D eigenvalue weighted by Gasteiger charge is 2.31. The van der Waals surface area contributed by atoms with Crippen LogP contribution in [0.4, 0.5) is 0 Å². The van der Waals surface area contributed by atoms with Crippen LogP contribution in [0.5, 0.6) is 0 Å². The van der Waals surface area contributed by atoms with Gasteiger partial charge in [0.2, 0.25) is 5.91 Å². The van der Waals surface area contributed by atoms with Crippen LogP contribution >= 0.6 is 0 Å². The summed E-state index contributed by atoms with van der Waals surface area (Å²) in [5.41, 5.74) is 6.55. The summed E-state index contributed by atoms with van der Waals surface area (Å²) in [5, 5.41) is 0. The molecule has 0 aromatic rings. The second-order valence-electron chi connectivity index (χ2n) is 7.34. The van der Waals surface area contributed by atoms with Crippen molar-refractivity contribution in [1.82, 2.24) is 4.90 Å². The van der Waals surface area contributed by atoms with E-state index in [1.807, 2.05) is 4.90 Å². The number of hydrogen-bond donors (Lipinski definition) is 1. The lowest BCUT2D eigenvalue weighted by molar-refractivity contribution is -0.135. The van der Waals surface area contributed by atoms with E-state index in [9.17, 15) is 4.79 Å². The number of nitrogens with two attached hydrogens (primary N) is 1. The summed E-state index contributed by atoms with van der Waals surface area (Å²) >= 11 is 0. The Morgan fingerprint density at radius 3 is 2.37 bits per heavy atom. The van der Waals surface area contributed by atoms with Crippen LogP contribution in [0.2, 0.25) is 0 Å². The van der Waals surface area contributed by atoms with Gasteiger partial charge in [-0.3, -0.25) is 4.79 Å². The zero-order chi connectivity index (χ0) is 13.9. The average molecular weight is 266 g/mol. The Kier molecular flexibility index (Phi) is 4.88. The van der Waals surface area contributed by atoms with Gasteiger partial charge in [-0.1, -0.05) is 46.0 Å². The first-order valence-electron chi connectivity index (χ1n) is 8.02. The molecule has 1 aliphatic carbocycles. The fourth-order valence-electron chi connectivity index (χ4n) is 3.45. The molecule has 2 fully saturated rings. The Morgan fingerprint density at radius 2 is 1.79 bits per heavy atom. The van der Waals surface area contributed by atoms with Gasteiger partial charge in [0.15, 0.2) is 0 Å². The lowest BCUT2D eigenvalue weighted by Crippen LogP contribution is -2.49. The van der Waals surface area contributed by atoms with Crippen LogP contribution in [0.3, 0.4) is 0 Å². The molecule has 110 valence electrons. The quantitative estimate of drug-likeness (QED) is 0.853. The van der Waals surface area contributed by atoms with E-state index in [0.717, 1.165) is 32.4 Å². The number of rotatable bonds is 3. The molecule has 0 aromatic heterocycles. The highest BCUT2D eigenvalue weighted by Crippen LogP contribution is 2.31. The van der Waals surface area contributed by atoms with Gasteiger partial charge in [-0.2, -0.15) is 0 Å². The molecule has 0 spiro atoms. The third kappa shape index (κ3) is 4.20. The van der Waals surface area contributed by atoms with E-state index in [1.54, 1.807) is 0 Å². The lowest BCUT2D eigenvalue weighted by atomic mass is 9.82. The SMILES string of the molecule is CC1(C)CCN(C(=O)C(N)CC2CCCCC2)CC1. The van der Waals surface area contributed by atoms with Crippen molar-refractivity contribution in [3.05, 3.63) is 0 Å². The van der Waals surface area contributed by atoms with Gasteiger partial charge in [-0.25, -0.2) is 0 Å². The van der Waals surface area contributed by atoms with E-state index in [4.69, 9.17) is 5.73 Å². The van der Waals surface area contributed by atoms with Gasteiger partial charge in [-0.15, -0.1) is 0 Å². The Balaban J connectivity index is 1.78. The second kappa shape index (κ2) is 6.25. The smallest absolute Gasteiger partial charge is 0.239 e. The first kappa shape index (κ1) is 14.8. The maximum Gasteiger partial charge on any atom is 0.239 e. The molecule has 1 unspecified atom stereocenters. The van der Waals surface area contributed by atoms with E-state index in [1.165, 1.54) is 32.1 Å². The van der Waals surface area contributed by atoms with Crippen molar-refractivity contribution in [2.45, 2.75) is 71.3 Å². The van der Waals surface area contributed by atoms with Gasteiger partial charge in [0.05, 0.1) is 6.04 Å². The Morgan fingerprint density at radius 1 is 1.21 bits per heavy atom. The summed E-state index contributed by atoms with van der Waals surface area (Å²) in [4.78, 5) is 14.4. The van der Waals surface area contributed by atoms with Crippen molar-refractivity contribution in [2.75, 3.05) is 13.1 Å². The molecular formula is C16H30N2O. The second-order valence-corrected chi connectivity index (χ2v) is 7.34. The third-order valence-corrected chi connectivity index (χ3v) is 5.06. The highest BCUT2D eigenvalue weighted by molar-refractivity contribution is 5.81. The standard InChI is InChI=1S/C16H30N2O/c1-16(2)8-10-18(11-9-16)15(19)14(17)12-13-6-4-3-5-7-13/h13-14H,3-12,17H2,1-2H3. The van der Waals surface area contributed by atoms with E-state index < -0.39 is 0 Å². The van der Waals surface area contributed by atoms with Crippen molar-refractivity contribution in [1.29, 1.82) is 0 Å². The largest absolute Gasteiger partial charge is 0.341 e. The van der Waals surface area contributed by atoms with E-state index in [0.29, 0.717) is 11.3 Å². The van der Waals surface area contributed by atoms with Gasteiger partial charge in [0.1, 0.15) is 0 Å². The van der Waals surface area contributed by atoms with E-state index >= 15 is 0 Å². The predicted octanol–water partition coefficient (Wildman–Crippen LogP) is 2.93. The molecule has 2 rings (SSSR count). The molecule has 1 atom stereocenters. The molecule has 1 aliphatic heterocycles. The number of amides is 1. The third-order valence-electron chi connectivity index (χ3n) is 5.06. The van der Waals surface area contributed by atoms with Crippen molar-refractivity contribution in [3.63, 3.8) is 0 Å². The summed E-state index contributed by atoms with van der Waals surface area (Å²) in [6.45, 7) is 6.36. The molecule has 1 saturated heterocycles. The molecule has 0 radical (unpaired) electrons. The molecule has 19 heavy (non-hydrogen) atoms. The van der Waals surface area contributed by atoms with Crippen molar-refractivity contribution in [2.24, 2.45) is 17.1 Å². The van der Waals surface area contributed by atoms with Gasteiger partial charge in [-0.05, 0) is 30.6 Å². The minimum absolute atomic E-state index is 0.195. The van der Waals surface area contributed by atoms with E-state index in [2.05, 4.69) is 13.8 Å². The fourth-order valence-corrected chi connectivity index (χ4v) is 3.45. The lowest BCUT2D eigenvalue weighted by Gasteiger charge is -2.38. The van der Waals surface area contributed by atoms with Crippen molar-refractivity contribution < 1.29 is 4.79 Å². The molecule has 3 nitrogen and oxygen atoms in total. The molecule has 1 saturated carbocycles. The fraction of sp³-hybridized carbons (Fsp3) is 0.938. The Bertz CT molecular complexity index is 298. The van der Waals surface area contributed by atoms with Crippen LogP contribution in [0.15, 0.2) is 0 Å². The van der Waals surface area contributed by atoms with Gasteiger partial charge >= 0.3 is 0 Å². The van der Waals surface area contributed by atoms with Crippen LogP contribution in [0.25, 0.3) is 0 Å². The minimum atomic E-state index is -0.260. The summed E-state index contributed by atoms with van der Waals surface area (Å²) < 4.78 is 0. The predicted molar refractivity (Wildman–Crippen MR) is 78.8 cm³/mol. The summed E-state index contributed by atoms with van der Waals surface area (Å²) in [6, 6.07) is -0.260. The minimum Gasteiger partial charge on any atom is -0.341 e. The van der Waals surface area contributed by atoms with Crippen LogP contribution in [0, 0.1) is 11.3 Å². The average Bonchev–Trinajstić information content (AvgIpc) is 2.39. The maximum absolute atomic E-state index is 12.4. The molecule has 2 N–H and O–H groups in total. The molecule has 2 aliphatic rings. The molecule has 0 aromatic carbocycles. The zero-order valence-electron chi connectivity index (χ0n) is 12.7. The number of piperidine rings is 1. The number of nitrogens with zero attached hydrogens (tertiary/aromatic N) is 1. The normalized spacial score (nSPS) is 26.2. The monoisotopic (exact) mass is 266 g/mol. The zero-order valence-corrected chi connectivity index (χ0v) is 12.7. The number of carbonyl (C=O) groups is 1. The topological polar surface area (TPSA) is 46.3 Å². The molecular weight excluding hydrogens is 236 g/mol. The van der Waals surface area contributed by atoms with E-state index in [-0.39, 0.29) is 11.9 Å². The van der Waals surface area contributed by atoms with Crippen molar-refractivity contribution in [3.8, 4) is 0 Å². The molecule has 3 heteroatoms. The molecule has 1 heterocycles. The van der Waals surface area contributed by atoms with Gasteiger partial charge < -0.3 is 10.6 Å². The van der Waals surface area contributed by atoms with Crippen molar-refractivity contribution >= 4 is 5.91 Å².